The van der Waals surface area contributed by atoms with Crippen LogP contribution < -0.4 is 0 Å². The van der Waals surface area contributed by atoms with Gasteiger partial charge in [-0.05, 0) is 50.1 Å². The van der Waals surface area contributed by atoms with Gasteiger partial charge in [-0.2, -0.15) is 0 Å². The van der Waals surface area contributed by atoms with Crippen LogP contribution in [0.1, 0.15) is 28.5 Å². The topological polar surface area (TPSA) is 50.5 Å². The number of hydrogen-bond acceptors (Lipinski definition) is 3. The molecule has 0 saturated heterocycles. The predicted molar refractivity (Wildman–Crippen MR) is 89.4 cm³/mol. The molecule has 0 radical (unpaired) electrons. The average Bonchev–Trinajstić information content (AvgIpc) is 2.95. The molecule has 1 amide bonds. The standard InChI is InChI=1S/C18H20N4O/c1-3-21(10-6-15-4-8-19-9-5-15)18(23)16-7-11-22-13-14(2)20-17(22)12-16/h4-5,7-9,11-13H,3,6,10H2,1-2H3. The minimum Gasteiger partial charge on any atom is -0.339 e. The monoisotopic (exact) mass is 308 g/mol. The summed E-state index contributed by atoms with van der Waals surface area (Å²) >= 11 is 0. The van der Waals surface area contributed by atoms with E-state index in [-0.39, 0.29) is 5.91 Å². The summed E-state index contributed by atoms with van der Waals surface area (Å²) < 4.78 is 1.93. The summed E-state index contributed by atoms with van der Waals surface area (Å²) in [7, 11) is 0. The third-order valence-corrected chi connectivity index (χ3v) is 3.92. The molecular weight excluding hydrogens is 288 g/mol. The maximum Gasteiger partial charge on any atom is 0.254 e. The van der Waals surface area contributed by atoms with Crippen LogP contribution in [0, 0.1) is 6.92 Å². The van der Waals surface area contributed by atoms with Crippen LogP contribution in [0.5, 0.6) is 0 Å². The number of fused-ring (bicyclic) bond motifs is 1. The van der Waals surface area contributed by atoms with E-state index < -0.39 is 0 Å². The number of carbonyl (C=O) groups excluding carboxylic acids is 1. The van der Waals surface area contributed by atoms with Crippen molar-refractivity contribution in [1.82, 2.24) is 19.3 Å². The van der Waals surface area contributed by atoms with Crippen LogP contribution in [0.3, 0.4) is 0 Å². The molecule has 0 N–H and O–H groups in total. The molecule has 0 unspecified atom stereocenters. The molecule has 0 aliphatic rings. The fraction of sp³-hybridized carbons (Fsp3) is 0.278. The van der Waals surface area contributed by atoms with Crippen LogP contribution in [-0.4, -0.2) is 38.3 Å². The summed E-state index contributed by atoms with van der Waals surface area (Å²) in [5.74, 6) is 0.0460. The molecule has 0 spiro atoms. The lowest BCUT2D eigenvalue weighted by atomic mass is 10.1. The van der Waals surface area contributed by atoms with Crippen LogP contribution in [0.2, 0.25) is 0 Å². The number of nitrogens with zero attached hydrogens (tertiary/aromatic N) is 4. The first kappa shape index (κ1) is 15.2. The Morgan fingerprint density at radius 3 is 2.78 bits per heavy atom. The Kier molecular flexibility index (Phi) is 4.37. The number of hydrogen-bond donors (Lipinski definition) is 0. The van der Waals surface area contributed by atoms with Crippen molar-refractivity contribution in [1.29, 1.82) is 0 Å². The van der Waals surface area contributed by atoms with Crippen LogP contribution >= 0.6 is 0 Å². The SMILES string of the molecule is CCN(CCc1ccncc1)C(=O)c1ccn2cc(C)nc2c1. The summed E-state index contributed by atoms with van der Waals surface area (Å²) in [6, 6.07) is 7.67. The minimum atomic E-state index is 0.0460. The van der Waals surface area contributed by atoms with Crippen LogP contribution in [0.4, 0.5) is 0 Å². The number of pyridine rings is 2. The number of amides is 1. The Hall–Kier alpha value is -2.69. The van der Waals surface area contributed by atoms with Crippen LogP contribution in [0.15, 0.2) is 49.1 Å². The van der Waals surface area contributed by atoms with Gasteiger partial charge in [0, 0.05) is 43.4 Å². The van der Waals surface area contributed by atoms with Crippen molar-refractivity contribution in [3.8, 4) is 0 Å². The molecule has 3 rings (SSSR count). The molecule has 0 aromatic carbocycles. The maximum absolute atomic E-state index is 12.7. The van der Waals surface area contributed by atoms with Crippen molar-refractivity contribution in [3.05, 3.63) is 65.9 Å². The third-order valence-electron chi connectivity index (χ3n) is 3.92. The van der Waals surface area contributed by atoms with E-state index >= 15 is 0 Å². The van der Waals surface area contributed by atoms with Crippen molar-refractivity contribution < 1.29 is 4.79 Å². The zero-order valence-electron chi connectivity index (χ0n) is 13.4. The summed E-state index contributed by atoms with van der Waals surface area (Å²) in [6.07, 6.45) is 8.22. The van der Waals surface area contributed by atoms with Gasteiger partial charge in [0.15, 0.2) is 0 Å². The van der Waals surface area contributed by atoms with Gasteiger partial charge >= 0.3 is 0 Å². The van der Waals surface area contributed by atoms with Crippen LogP contribution in [0.25, 0.3) is 5.65 Å². The molecule has 118 valence electrons. The van der Waals surface area contributed by atoms with E-state index in [1.165, 1.54) is 5.56 Å². The van der Waals surface area contributed by atoms with Gasteiger partial charge in [-0.3, -0.25) is 9.78 Å². The van der Waals surface area contributed by atoms with Gasteiger partial charge in [0.2, 0.25) is 0 Å². The van der Waals surface area contributed by atoms with E-state index in [0.29, 0.717) is 18.7 Å². The quantitative estimate of drug-likeness (QED) is 0.728. The molecule has 0 aliphatic heterocycles. The molecule has 5 heteroatoms. The van der Waals surface area contributed by atoms with Crippen molar-refractivity contribution in [2.75, 3.05) is 13.1 Å². The molecule has 3 heterocycles. The summed E-state index contributed by atoms with van der Waals surface area (Å²) in [4.78, 5) is 23.0. The molecule has 0 atom stereocenters. The lowest BCUT2D eigenvalue weighted by Gasteiger charge is -2.21. The first-order valence-corrected chi connectivity index (χ1v) is 7.81. The van der Waals surface area contributed by atoms with Gasteiger partial charge in [0.25, 0.3) is 5.91 Å². The second-order valence-corrected chi connectivity index (χ2v) is 5.55. The highest BCUT2D eigenvalue weighted by molar-refractivity contribution is 5.95. The van der Waals surface area contributed by atoms with Crippen molar-refractivity contribution >= 4 is 11.6 Å². The zero-order valence-corrected chi connectivity index (χ0v) is 13.4. The van der Waals surface area contributed by atoms with E-state index in [4.69, 9.17) is 0 Å². The largest absolute Gasteiger partial charge is 0.339 e. The zero-order chi connectivity index (χ0) is 16.2. The molecule has 0 fully saturated rings. The Labute approximate surface area is 135 Å². The minimum absolute atomic E-state index is 0.0460. The molecular formula is C18H20N4O. The van der Waals surface area contributed by atoms with Crippen molar-refractivity contribution in [2.24, 2.45) is 0 Å². The molecule has 3 aromatic heterocycles. The molecule has 0 bridgehead atoms. The number of likely N-dealkylation sites (N-methyl/N-ethyl adjacent to an activating group) is 1. The number of rotatable bonds is 5. The number of carbonyl (C=O) groups is 1. The van der Waals surface area contributed by atoms with Gasteiger partial charge < -0.3 is 9.30 Å². The van der Waals surface area contributed by atoms with Gasteiger partial charge in [-0.1, -0.05) is 0 Å². The van der Waals surface area contributed by atoms with Gasteiger partial charge in [0.1, 0.15) is 5.65 Å². The Morgan fingerprint density at radius 2 is 2.04 bits per heavy atom. The Morgan fingerprint density at radius 1 is 1.26 bits per heavy atom. The normalized spacial score (nSPS) is 10.9. The predicted octanol–water partition coefficient (Wildman–Crippen LogP) is 2.74. The molecule has 5 nitrogen and oxygen atoms in total. The number of aryl methyl sites for hydroxylation is 1. The summed E-state index contributed by atoms with van der Waals surface area (Å²) in [5, 5.41) is 0. The average molecular weight is 308 g/mol. The van der Waals surface area contributed by atoms with E-state index in [0.717, 1.165) is 17.8 Å². The van der Waals surface area contributed by atoms with Gasteiger partial charge in [0.05, 0.1) is 5.69 Å². The van der Waals surface area contributed by atoms with E-state index in [2.05, 4.69) is 9.97 Å². The lowest BCUT2D eigenvalue weighted by molar-refractivity contribution is 0.0766. The molecule has 3 aromatic rings. The highest BCUT2D eigenvalue weighted by Gasteiger charge is 2.15. The first-order valence-electron chi connectivity index (χ1n) is 7.81. The van der Waals surface area contributed by atoms with Crippen molar-refractivity contribution in [2.45, 2.75) is 20.3 Å². The number of aromatic nitrogens is 3. The molecule has 23 heavy (non-hydrogen) atoms. The van der Waals surface area contributed by atoms with Crippen molar-refractivity contribution in [3.63, 3.8) is 0 Å². The Balaban J connectivity index is 1.75. The summed E-state index contributed by atoms with van der Waals surface area (Å²) in [6.45, 7) is 5.32. The van der Waals surface area contributed by atoms with E-state index in [1.54, 1.807) is 12.4 Å². The van der Waals surface area contributed by atoms with Crippen LogP contribution in [-0.2, 0) is 6.42 Å². The fourth-order valence-electron chi connectivity index (χ4n) is 2.64. The highest BCUT2D eigenvalue weighted by Crippen LogP contribution is 2.11. The van der Waals surface area contributed by atoms with Gasteiger partial charge in [-0.15, -0.1) is 0 Å². The smallest absolute Gasteiger partial charge is 0.254 e. The third kappa shape index (κ3) is 3.39. The highest BCUT2D eigenvalue weighted by atomic mass is 16.2. The van der Waals surface area contributed by atoms with E-state index in [9.17, 15) is 4.79 Å². The first-order chi connectivity index (χ1) is 11.2. The molecule has 0 aliphatic carbocycles. The van der Waals surface area contributed by atoms with Gasteiger partial charge in [-0.25, -0.2) is 4.98 Å². The molecule has 0 saturated carbocycles. The maximum atomic E-state index is 12.7. The second kappa shape index (κ2) is 6.60. The fourth-order valence-corrected chi connectivity index (χ4v) is 2.64. The summed E-state index contributed by atoms with van der Waals surface area (Å²) in [5.41, 5.74) is 3.61. The van der Waals surface area contributed by atoms with E-state index in [1.807, 2.05) is 59.8 Å². The Bertz CT molecular complexity index is 810. The number of imidazole rings is 1. The lowest BCUT2D eigenvalue weighted by Crippen LogP contribution is -2.32. The second-order valence-electron chi connectivity index (χ2n) is 5.55.